The second-order valence-electron chi connectivity index (χ2n) is 2.89. The maximum Gasteiger partial charge on any atom is 0.264 e. The molecule has 2 nitrogen and oxygen atoms in total. The smallest absolute Gasteiger partial charge is 0.264 e. The summed E-state index contributed by atoms with van der Waals surface area (Å²) in [4.78, 5) is 3.99. The summed E-state index contributed by atoms with van der Waals surface area (Å²) in [5.41, 5.74) is 1.52. The first-order chi connectivity index (χ1) is 7.18. The summed E-state index contributed by atoms with van der Waals surface area (Å²) in [6.45, 7) is 5.88. The van der Waals surface area contributed by atoms with Crippen LogP contribution in [0.4, 0.5) is 8.78 Å². The van der Waals surface area contributed by atoms with E-state index in [0.717, 1.165) is 5.69 Å². The second-order valence-corrected chi connectivity index (χ2v) is 2.89. The number of halogens is 2. The lowest BCUT2D eigenvalue weighted by atomic mass is 10.3. The largest absolute Gasteiger partial charge is 0.304 e. The molecule has 2 aromatic rings. The fraction of sp³-hybridized carbons (Fsp3) is 0.364. The molecule has 0 aliphatic heterocycles. The predicted octanol–water partition coefficient (Wildman–Crippen LogP) is 3.61. The van der Waals surface area contributed by atoms with E-state index in [1.807, 2.05) is 20.8 Å². The summed E-state index contributed by atoms with van der Waals surface area (Å²) < 4.78 is 26.3. The van der Waals surface area contributed by atoms with Gasteiger partial charge in [0, 0.05) is 23.7 Å². The van der Waals surface area contributed by atoms with Gasteiger partial charge >= 0.3 is 0 Å². The molecule has 0 saturated heterocycles. The highest BCUT2D eigenvalue weighted by molar-refractivity contribution is 5.43. The number of aromatic nitrogens is 2. The van der Waals surface area contributed by atoms with Crippen LogP contribution in [0.15, 0.2) is 24.5 Å². The second kappa shape index (κ2) is 4.87. The quantitative estimate of drug-likeness (QED) is 0.705. The molecule has 0 N–H and O–H groups in total. The van der Waals surface area contributed by atoms with Gasteiger partial charge in [-0.15, -0.1) is 0 Å². The molecule has 0 unspecified atom stereocenters. The van der Waals surface area contributed by atoms with Crippen molar-refractivity contribution >= 4 is 5.65 Å². The summed E-state index contributed by atoms with van der Waals surface area (Å²) in [6, 6.07) is 2.81. The number of fused-ring (bicyclic) bond motifs is 1. The molecular weight excluding hydrogens is 198 g/mol. The van der Waals surface area contributed by atoms with Crippen LogP contribution in [0.1, 0.15) is 31.5 Å². The molecule has 0 spiro atoms. The number of aryl methyl sites for hydroxylation is 1. The van der Waals surface area contributed by atoms with Crippen LogP contribution in [-0.2, 0) is 0 Å². The van der Waals surface area contributed by atoms with Crippen LogP contribution in [0.2, 0.25) is 0 Å². The zero-order valence-corrected chi connectivity index (χ0v) is 9.04. The Balaban J connectivity index is 0.000000531. The van der Waals surface area contributed by atoms with Crippen LogP contribution >= 0.6 is 0 Å². The van der Waals surface area contributed by atoms with E-state index in [1.165, 1.54) is 12.1 Å². The molecule has 0 amide bonds. The van der Waals surface area contributed by atoms with Gasteiger partial charge in [0.25, 0.3) is 6.43 Å². The average Bonchev–Trinajstić information content (AvgIpc) is 2.63. The monoisotopic (exact) mass is 212 g/mol. The SMILES string of the molecule is CC.Cc1cnc2cc(C(F)F)ccn12. The Kier molecular flexibility index (Phi) is 3.77. The number of imidazole rings is 1. The molecular formula is C11H14F2N2. The highest BCUT2D eigenvalue weighted by Crippen LogP contribution is 2.19. The summed E-state index contributed by atoms with van der Waals surface area (Å²) in [5, 5.41) is 0. The lowest BCUT2D eigenvalue weighted by Crippen LogP contribution is -1.90. The third-order valence-corrected chi connectivity index (χ3v) is 1.97. The van der Waals surface area contributed by atoms with E-state index in [9.17, 15) is 8.78 Å². The van der Waals surface area contributed by atoms with Crippen LogP contribution in [0.3, 0.4) is 0 Å². The van der Waals surface area contributed by atoms with E-state index >= 15 is 0 Å². The summed E-state index contributed by atoms with van der Waals surface area (Å²) in [7, 11) is 0. The van der Waals surface area contributed by atoms with Crippen molar-refractivity contribution in [3.05, 3.63) is 35.8 Å². The number of pyridine rings is 1. The average molecular weight is 212 g/mol. The van der Waals surface area contributed by atoms with Crippen molar-refractivity contribution in [1.82, 2.24) is 9.38 Å². The minimum Gasteiger partial charge on any atom is -0.304 e. The first kappa shape index (κ1) is 11.6. The van der Waals surface area contributed by atoms with Gasteiger partial charge in [-0.1, -0.05) is 13.8 Å². The first-order valence-electron chi connectivity index (χ1n) is 4.90. The van der Waals surface area contributed by atoms with Crippen molar-refractivity contribution < 1.29 is 8.78 Å². The van der Waals surface area contributed by atoms with Gasteiger partial charge < -0.3 is 4.40 Å². The van der Waals surface area contributed by atoms with Gasteiger partial charge in [0.05, 0.1) is 0 Å². The normalized spacial score (nSPS) is 10.3. The van der Waals surface area contributed by atoms with Gasteiger partial charge in [0.1, 0.15) is 5.65 Å². The third-order valence-electron chi connectivity index (χ3n) is 1.97. The number of hydrogen-bond acceptors (Lipinski definition) is 1. The molecule has 0 fully saturated rings. The molecule has 2 aromatic heterocycles. The minimum atomic E-state index is -2.43. The van der Waals surface area contributed by atoms with Crippen LogP contribution in [0, 0.1) is 6.92 Å². The predicted molar refractivity (Wildman–Crippen MR) is 56.2 cm³/mol. The summed E-state index contributed by atoms with van der Waals surface area (Å²) >= 11 is 0. The third kappa shape index (κ3) is 2.32. The van der Waals surface area contributed by atoms with E-state index in [1.54, 1.807) is 16.8 Å². The molecule has 4 heteroatoms. The lowest BCUT2D eigenvalue weighted by Gasteiger charge is -2.00. The van der Waals surface area contributed by atoms with E-state index in [-0.39, 0.29) is 5.56 Å². The van der Waals surface area contributed by atoms with Gasteiger partial charge in [-0.2, -0.15) is 0 Å². The van der Waals surface area contributed by atoms with E-state index < -0.39 is 6.43 Å². The zero-order valence-electron chi connectivity index (χ0n) is 9.04. The standard InChI is InChI=1S/C9H8F2N2.C2H6/c1-6-5-12-8-4-7(9(10)11)2-3-13(6)8;1-2/h2-5,9H,1H3;1-2H3. The molecule has 15 heavy (non-hydrogen) atoms. The van der Waals surface area contributed by atoms with Gasteiger partial charge in [0.15, 0.2) is 0 Å². The summed E-state index contributed by atoms with van der Waals surface area (Å²) in [5.74, 6) is 0. The molecule has 0 aromatic carbocycles. The molecule has 0 saturated carbocycles. The minimum absolute atomic E-state index is 0.0121. The number of hydrogen-bond donors (Lipinski definition) is 0. The van der Waals surface area contributed by atoms with Crippen molar-refractivity contribution in [3.63, 3.8) is 0 Å². The lowest BCUT2D eigenvalue weighted by molar-refractivity contribution is 0.151. The van der Waals surface area contributed by atoms with E-state index in [4.69, 9.17) is 0 Å². The van der Waals surface area contributed by atoms with Crippen LogP contribution in [-0.4, -0.2) is 9.38 Å². The van der Waals surface area contributed by atoms with Gasteiger partial charge in [-0.3, -0.25) is 0 Å². The van der Waals surface area contributed by atoms with E-state index in [0.29, 0.717) is 5.65 Å². The van der Waals surface area contributed by atoms with Crippen molar-refractivity contribution in [2.75, 3.05) is 0 Å². The Bertz CT molecular complexity index is 435. The fourth-order valence-corrected chi connectivity index (χ4v) is 1.26. The maximum absolute atomic E-state index is 12.3. The van der Waals surface area contributed by atoms with Crippen LogP contribution in [0.25, 0.3) is 5.65 Å². The van der Waals surface area contributed by atoms with Gasteiger partial charge in [-0.25, -0.2) is 13.8 Å². The van der Waals surface area contributed by atoms with Crippen molar-refractivity contribution in [2.45, 2.75) is 27.2 Å². The number of nitrogens with zero attached hydrogens (tertiary/aromatic N) is 2. The van der Waals surface area contributed by atoms with Crippen LogP contribution in [0.5, 0.6) is 0 Å². The van der Waals surface area contributed by atoms with Gasteiger partial charge in [-0.05, 0) is 19.1 Å². The number of alkyl halides is 2. The zero-order chi connectivity index (χ0) is 11.4. The number of rotatable bonds is 1. The highest BCUT2D eigenvalue weighted by Gasteiger charge is 2.08. The molecule has 2 heterocycles. The summed E-state index contributed by atoms with van der Waals surface area (Å²) in [6.07, 6.45) is 0.839. The Morgan fingerprint density at radius 3 is 2.60 bits per heavy atom. The highest BCUT2D eigenvalue weighted by atomic mass is 19.3. The molecule has 0 bridgehead atoms. The molecule has 0 aliphatic rings. The van der Waals surface area contributed by atoms with Crippen molar-refractivity contribution in [2.24, 2.45) is 0 Å². The van der Waals surface area contributed by atoms with Gasteiger partial charge in [0.2, 0.25) is 0 Å². The van der Waals surface area contributed by atoms with Crippen molar-refractivity contribution in [3.8, 4) is 0 Å². The Morgan fingerprint density at radius 1 is 1.33 bits per heavy atom. The Morgan fingerprint density at radius 2 is 2.00 bits per heavy atom. The van der Waals surface area contributed by atoms with E-state index in [2.05, 4.69) is 4.98 Å². The molecule has 2 rings (SSSR count). The van der Waals surface area contributed by atoms with Crippen molar-refractivity contribution in [1.29, 1.82) is 0 Å². The molecule has 82 valence electrons. The molecule has 0 aliphatic carbocycles. The Labute approximate surface area is 87.6 Å². The fourth-order valence-electron chi connectivity index (χ4n) is 1.26. The first-order valence-corrected chi connectivity index (χ1v) is 4.90. The Hall–Kier alpha value is -1.45. The molecule has 0 atom stereocenters. The topological polar surface area (TPSA) is 17.3 Å². The van der Waals surface area contributed by atoms with Crippen LogP contribution < -0.4 is 0 Å². The molecule has 0 radical (unpaired) electrons. The maximum atomic E-state index is 12.3.